The smallest absolute Gasteiger partial charge is 0.652 e. The summed E-state index contributed by atoms with van der Waals surface area (Å²) in [6, 6.07) is 0. The first kappa shape index (κ1) is 31.7. The van der Waals surface area contributed by atoms with Gasteiger partial charge in [-0.1, -0.05) is 47.0 Å². The van der Waals surface area contributed by atoms with Gasteiger partial charge in [0.15, 0.2) is 0 Å². The minimum Gasteiger partial charge on any atom is -0.652 e. The third kappa shape index (κ3) is 17.8. The Morgan fingerprint density at radius 3 is 1.85 bits per heavy atom. The molecule has 0 aliphatic heterocycles. The molecule has 10 heteroatoms. The standard InChI is InChI=1S/C16H29NO4.CH2O3.2Na/c1-11(2)14(18)20-15(12(3)4)21-16(19)17-10-13-8-6-5-7-9-13;2-1(3)4;;/h11-13,15H,5-10H2,1-4H3,(H,17,19);(H2,2,3,4);;/q;;2*+1/p-2. The molecular weight excluding hydrogens is 376 g/mol. The summed E-state index contributed by atoms with van der Waals surface area (Å²) in [5.74, 6) is -0.121. The SMILES string of the molecule is CC(C)C(=O)OC(OC(=O)NCC1CCCCC1)C(C)C.O=C([O-])[O-].[Na+].[Na+]. The zero-order valence-corrected chi connectivity index (χ0v) is 21.4. The molecule has 146 valence electrons. The van der Waals surface area contributed by atoms with Crippen molar-refractivity contribution < 1.29 is 93.2 Å². The van der Waals surface area contributed by atoms with E-state index in [1.165, 1.54) is 19.3 Å². The number of ether oxygens (including phenoxy) is 2. The van der Waals surface area contributed by atoms with Gasteiger partial charge in [-0.25, -0.2) is 4.79 Å². The summed E-state index contributed by atoms with van der Waals surface area (Å²) in [6.45, 7) is 7.85. The van der Waals surface area contributed by atoms with Crippen molar-refractivity contribution in [1.29, 1.82) is 0 Å². The van der Waals surface area contributed by atoms with Crippen molar-refractivity contribution in [3.05, 3.63) is 0 Å². The summed E-state index contributed by atoms with van der Waals surface area (Å²) >= 11 is 0. The van der Waals surface area contributed by atoms with Gasteiger partial charge < -0.3 is 29.8 Å². The Morgan fingerprint density at radius 1 is 0.963 bits per heavy atom. The molecule has 0 radical (unpaired) electrons. The number of nitrogens with one attached hydrogen (secondary N) is 1. The second-order valence-corrected chi connectivity index (χ2v) is 6.74. The summed E-state index contributed by atoms with van der Waals surface area (Å²) < 4.78 is 10.4. The predicted molar refractivity (Wildman–Crippen MR) is 86.0 cm³/mol. The molecule has 1 atom stereocenters. The molecule has 0 aromatic heterocycles. The molecular formula is C17H29NNa2O7. The Kier molecular flexibility index (Phi) is 21.2. The molecule has 0 heterocycles. The van der Waals surface area contributed by atoms with E-state index in [4.69, 9.17) is 24.5 Å². The van der Waals surface area contributed by atoms with Crippen molar-refractivity contribution in [3.8, 4) is 0 Å². The Morgan fingerprint density at radius 2 is 1.44 bits per heavy atom. The average Bonchev–Trinajstić information content (AvgIpc) is 2.52. The van der Waals surface area contributed by atoms with Crippen LogP contribution in [0.4, 0.5) is 9.59 Å². The van der Waals surface area contributed by atoms with Crippen LogP contribution in [0.1, 0.15) is 59.8 Å². The second kappa shape index (κ2) is 18.1. The number of rotatable bonds is 6. The Labute approximate surface area is 205 Å². The van der Waals surface area contributed by atoms with Crippen LogP contribution in [0.25, 0.3) is 0 Å². The number of alkyl carbamates (subject to hydrolysis) is 1. The molecule has 1 rings (SSSR count). The maximum atomic E-state index is 11.8. The van der Waals surface area contributed by atoms with Crippen molar-refractivity contribution in [2.45, 2.75) is 66.1 Å². The van der Waals surface area contributed by atoms with Crippen LogP contribution >= 0.6 is 0 Å². The van der Waals surface area contributed by atoms with Crippen LogP contribution in [0, 0.1) is 17.8 Å². The molecule has 1 fully saturated rings. The first-order valence-corrected chi connectivity index (χ1v) is 8.66. The first-order valence-electron chi connectivity index (χ1n) is 8.66. The van der Waals surface area contributed by atoms with Crippen LogP contribution < -0.4 is 74.6 Å². The number of hydrogen-bond acceptors (Lipinski definition) is 7. The van der Waals surface area contributed by atoms with Crippen LogP contribution in [0.15, 0.2) is 0 Å². The molecule has 1 N–H and O–H groups in total. The van der Waals surface area contributed by atoms with Gasteiger partial charge in [-0.05, 0) is 24.9 Å². The van der Waals surface area contributed by atoms with Gasteiger partial charge in [0.05, 0.1) is 5.92 Å². The van der Waals surface area contributed by atoms with E-state index >= 15 is 0 Å². The molecule has 0 saturated heterocycles. The summed E-state index contributed by atoms with van der Waals surface area (Å²) in [7, 11) is 0. The Balaban J connectivity index is -0.000000871. The minimum atomic E-state index is -2.33. The van der Waals surface area contributed by atoms with E-state index in [2.05, 4.69) is 5.32 Å². The molecule has 1 amide bonds. The van der Waals surface area contributed by atoms with Crippen molar-refractivity contribution in [2.75, 3.05) is 6.54 Å². The molecule has 27 heavy (non-hydrogen) atoms. The Hall–Kier alpha value is 0.0100. The van der Waals surface area contributed by atoms with Crippen LogP contribution in [0.2, 0.25) is 0 Å². The second-order valence-electron chi connectivity index (χ2n) is 6.74. The third-order valence-electron chi connectivity index (χ3n) is 3.73. The van der Waals surface area contributed by atoms with E-state index in [9.17, 15) is 9.59 Å². The molecule has 0 aromatic rings. The average molecular weight is 405 g/mol. The Bertz CT molecular complexity index is 424. The topological polar surface area (TPSA) is 128 Å². The quantitative estimate of drug-likeness (QED) is 0.266. The molecule has 0 bridgehead atoms. The van der Waals surface area contributed by atoms with Gasteiger partial charge in [0, 0.05) is 12.5 Å². The molecule has 8 nitrogen and oxygen atoms in total. The van der Waals surface area contributed by atoms with E-state index in [1.54, 1.807) is 13.8 Å². The van der Waals surface area contributed by atoms with Gasteiger partial charge in [-0.15, -0.1) is 0 Å². The number of carboxylic acid groups (broad SMARTS) is 2. The fraction of sp³-hybridized carbons (Fsp3) is 0.824. The van der Waals surface area contributed by atoms with Gasteiger partial charge in [0.2, 0.25) is 0 Å². The number of hydrogen-bond donors (Lipinski definition) is 1. The van der Waals surface area contributed by atoms with E-state index < -0.39 is 18.5 Å². The zero-order chi connectivity index (χ0) is 19.4. The molecule has 1 aliphatic rings. The van der Waals surface area contributed by atoms with Gasteiger partial charge in [0.25, 0.3) is 6.29 Å². The van der Waals surface area contributed by atoms with Gasteiger partial charge in [-0.3, -0.25) is 4.79 Å². The fourth-order valence-electron chi connectivity index (χ4n) is 2.31. The van der Waals surface area contributed by atoms with Crippen molar-refractivity contribution in [1.82, 2.24) is 5.32 Å². The van der Waals surface area contributed by atoms with Crippen molar-refractivity contribution in [2.24, 2.45) is 17.8 Å². The number of amides is 1. The molecule has 0 spiro atoms. The van der Waals surface area contributed by atoms with Gasteiger partial charge >= 0.3 is 71.2 Å². The van der Waals surface area contributed by atoms with E-state index in [1.807, 2.05) is 13.8 Å². The summed E-state index contributed by atoms with van der Waals surface area (Å²) in [4.78, 5) is 31.8. The van der Waals surface area contributed by atoms with Gasteiger partial charge in [-0.2, -0.15) is 0 Å². The molecule has 1 aliphatic carbocycles. The van der Waals surface area contributed by atoms with E-state index in [0.29, 0.717) is 12.5 Å². The van der Waals surface area contributed by atoms with E-state index in [-0.39, 0.29) is 76.9 Å². The summed E-state index contributed by atoms with van der Waals surface area (Å²) in [5, 5.41) is 19.5. The minimum absolute atomic E-state index is 0. The maximum Gasteiger partial charge on any atom is 1.00 e. The summed E-state index contributed by atoms with van der Waals surface area (Å²) in [6.07, 6.45) is 2.43. The normalized spacial score (nSPS) is 14.6. The number of carbonyl (C=O) groups is 3. The number of esters is 1. The van der Waals surface area contributed by atoms with Crippen LogP contribution in [0.5, 0.6) is 0 Å². The molecule has 1 saturated carbocycles. The fourth-order valence-corrected chi connectivity index (χ4v) is 2.31. The molecule has 1 unspecified atom stereocenters. The van der Waals surface area contributed by atoms with Crippen molar-refractivity contribution in [3.63, 3.8) is 0 Å². The molecule has 0 aromatic carbocycles. The van der Waals surface area contributed by atoms with Crippen LogP contribution in [-0.2, 0) is 14.3 Å². The first-order chi connectivity index (χ1) is 11.6. The van der Waals surface area contributed by atoms with Crippen molar-refractivity contribution >= 4 is 18.2 Å². The van der Waals surface area contributed by atoms with Crippen LogP contribution in [-0.4, -0.2) is 31.1 Å². The largest absolute Gasteiger partial charge is 1.00 e. The maximum absolute atomic E-state index is 11.8. The zero-order valence-electron chi connectivity index (χ0n) is 17.4. The number of carbonyl (C=O) groups excluding carboxylic acids is 3. The monoisotopic (exact) mass is 405 g/mol. The van der Waals surface area contributed by atoms with Gasteiger partial charge in [0.1, 0.15) is 0 Å². The predicted octanol–water partition coefficient (Wildman–Crippen LogP) is -4.96. The van der Waals surface area contributed by atoms with Crippen LogP contribution in [0.3, 0.4) is 0 Å². The summed E-state index contributed by atoms with van der Waals surface area (Å²) in [5.41, 5.74) is 0. The van der Waals surface area contributed by atoms with E-state index in [0.717, 1.165) is 12.8 Å². The third-order valence-corrected chi connectivity index (χ3v) is 3.73.